The van der Waals surface area contributed by atoms with Gasteiger partial charge in [0.2, 0.25) is 0 Å². The van der Waals surface area contributed by atoms with Gasteiger partial charge in [-0.2, -0.15) is 0 Å². The summed E-state index contributed by atoms with van der Waals surface area (Å²) in [6, 6.07) is 0. The molecule has 0 radical (unpaired) electrons. The van der Waals surface area contributed by atoms with Crippen molar-refractivity contribution < 1.29 is 0 Å². The van der Waals surface area contributed by atoms with Gasteiger partial charge in [0, 0.05) is 0 Å². The van der Waals surface area contributed by atoms with E-state index >= 15 is 0 Å². The molecule has 0 saturated carbocycles. The second-order valence-corrected chi connectivity index (χ2v) is 5.88. The molecule has 0 saturated heterocycles. The zero-order chi connectivity index (χ0) is 13.6. The van der Waals surface area contributed by atoms with Crippen molar-refractivity contribution >= 4 is 0 Å². The first-order valence-electron chi connectivity index (χ1n) is 8.51. The van der Waals surface area contributed by atoms with Crippen molar-refractivity contribution in [2.45, 2.75) is 84.0 Å². The van der Waals surface area contributed by atoms with Crippen LogP contribution in [0.1, 0.15) is 84.0 Å². The summed E-state index contributed by atoms with van der Waals surface area (Å²) >= 11 is 0. The van der Waals surface area contributed by atoms with Gasteiger partial charge >= 0.3 is 0 Å². The molecule has 0 heterocycles. The zero-order valence-corrected chi connectivity index (χ0v) is 12.9. The average molecular weight is 260 g/mol. The summed E-state index contributed by atoms with van der Waals surface area (Å²) in [5.74, 6) is 0.759. The Kier molecular flexibility index (Phi) is 10.6. The maximum Gasteiger partial charge on any atom is -0.0157 e. The van der Waals surface area contributed by atoms with Gasteiger partial charge in [-0.05, 0) is 43.8 Å². The maximum atomic E-state index is 3.38. The Morgan fingerprint density at radius 3 is 2.53 bits per heavy atom. The molecule has 0 heteroatoms. The standard InChI is InChI=1S/C19H32/c1-2-3-16-19-17-14-12-10-8-6-4-5-7-9-11-13-15-18-19/h8,10,12,17,19H,2-7,9,11,13,15-16,18H2,1H3/b10-8+. The Labute approximate surface area is 120 Å². The van der Waals surface area contributed by atoms with Crippen molar-refractivity contribution in [1.29, 1.82) is 0 Å². The summed E-state index contributed by atoms with van der Waals surface area (Å²) in [5.41, 5.74) is 3.38. The van der Waals surface area contributed by atoms with E-state index in [9.17, 15) is 0 Å². The lowest BCUT2D eigenvalue weighted by molar-refractivity contribution is 0.477. The lowest BCUT2D eigenvalue weighted by atomic mass is 9.95. The summed E-state index contributed by atoms with van der Waals surface area (Å²) in [5, 5.41) is 0. The highest BCUT2D eigenvalue weighted by atomic mass is 14.1. The SMILES string of the molecule is CCCCC1C=C=C/C=C/CCCCCCCCC1. The predicted molar refractivity (Wildman–Crippen MR) is 86.4 cm³/mol. The molecule has 108 valence electrons. The van der Waals surface area contributed by atoms with Crippen molar-refractivity contribution in [3.8, 4) is 0 Å². The lowest BCUT2D eigenvalue weighted by Crippen LogP contribution is -1.96. The van der Waals surface area contributed by atoms with Crippen LogP contribution >= 0.6 is 0 Å². The minimum absolute atomic E-state index is 0.759. The Hall–Kier alpha value is -0.740. The summed E-state index contributed by atoms with van der Waals surface area (Å²) < 4.78 is 0. The highest BCUT2D eigenvalue weighted by Crippen LogP contribution is 2.19. The van der Waals surface area contributed by atoms with Crippen LogP contribution in [0.3, 0.4) is 0 Å². The van der Waals surface area contributed by atoms with Crippen molar-refractivity contribution in [3.63, 3.8) is 0 Å². The molecule has 0 fully saturated rings. The molecule has 0 nitrogen and oxygen atoms in total. The van der Waals surface area contributed by atoms with E-state index < -0.39 is 0 Å². The van der Waals surface area contributed by atoms with Crippen LogP contribution in [0.15, 0.2) is 30.0 Å². The fourth-order valence-corrected chi connectivity index (χ4v) is 2.74. The van der Waals surface area contributed by atoms with E-state index in [1.54, 1.807) is 0 Å². The average Bonchev–Trinajstić information content (AvgIpc) is 2.44. The summed E-state index contributed by atoms with van der Waals surface area (Å²) in [7, 11) is 0. The van der Waals surface area contributed by atoms with Crippen LogP contribution < -0.4 is 0 Å². The van der Waals surface area contributed by atoms with Crippen LogP contribution in [0.5, 0.6) is 0 Å². The fourth-order valence-electron chi connectivity index (χ4n) is 2.74. The topological polar surface area (TPSA) is 0 Å². The van der Waals surface area contributed by atoms with Crippen LogP contribution in [-0.4, -0.2) is 0 Å². The first-order valence-corrected chi connectivity index (χ1v) is 8.51. The van der Waals surface area contributed by atoms with E-state index in [0.29, 0.717) is 0 Å². The van der Waals surface area contributed by atoms with Crippen molar-refractivity contribution in [1.82, 2.24) is 0 Å². The van der Waals surface area contributed by atoms with E-state index in [-0.39, 0.29) is 0 Å². The van der Waals surface area contributed by atoms with Crippen molar-refractivity contribution in [3.05, 3.63) is 30.0 Å². The van der Waals surface area contributed by atoms with Gasteiger partial charge in [0.05, 0.1) is 0 Å². The third-order valence-corrected chi connectivity index (χ3v) is 4.03. The number of hydrogen-bond donors (Lipinski definition) is 0. The minimum atomic E-state index is 0.759. The van der Waals surface area contributed by atoms with E-state index in [1.807, 2.05) is 0 Å². The largest absolute Gasteiger partial charge is 0.125 e. The van der Waals surface area contributed by atoms with E-state index in [2.05, 4.69) is 37.0 Å². The molecule has 0 aromatic rings. The van der Waals surface area contributed by atoms with Crippen molar-refractivity contribution in [2.24, 2.45) is 5.92 Å². The molecule has 1 unspecified atom stereocenters. The first kappa shape index (κ1) is 16.3. The Morgan fingerprint density at radius 1 is 1.00 bits per heavy atom. The van der Waals surface area contributed by atoms with Crippen LogP contribution in [0.2, 0.25) is 0 Å². The molecule has 1 rings (SSSR count). The van der Waals surface area contributed by atoms with Gasteiger partial charge in [-0.25, -0.2) is 0 Å². The van der Waals surface area contributed by atoms with Crippen LogP contribution in [-0.2, 0) is 0 Å². The fraction of sp³-hybridized carbons (Fsp3) is 0.737. The Morgan fingerprint density at radius 2 is 1.74 bits per heavy atom. The first-order chi connectivity index (χ1) is 9.43. The number of hydrogen-bond acceptors (Lipinski definition) is 0. The smallest absolute Gasteiger partial charge is 0.0157 e. The Bertz CT molecular complexity index is 278. The van der Waals surface area contributed by atoms with Gasteiger partial charge in [0.1, 0.15) is 0 Å². The van der Waals surface area contributed by atoms with Crippen LogP contribution in [0, 0.1) is 5.92 Å². The van der Waals surface area contributed by atoms with Gasteiger partial charge in [-0.15, -0.1) is 5.73 Å². The monoisotopic (exact) mass is 260 g/mol. The number of unbranched alkanes of at least 4 members (excludes halogenated alkanes) is 1. The van der Waals surface area contributed by atoms with E-state index in [1.165, 1.54) is 77.0 Å². The zero-order valence-electron chi connectivity index (χ0n) is 12.9. The summed E-state index contributed by atoms with van der Waals surface area (Å²) in [6.45, 7) is 2.29. The van der Waals surface area contributed by atoms with Crippen LogP contribution in [0.4, 0.5) is 0 Å². The molecule has 0 aromatic carbocycles. The molecule has 1 aliphatic rings. The van der Waals surface area contributed by atoms with Gasteiger partial charge in [-0.1, -0.05) is 70.4 Å². The highest BCUT2D eigenvalue weighted by molar-refractivity contribution is 5.03. The van der Waals surface area contributed by atoms with Gasteiger partial charge in [0.25, 0.3) is 0 Å². The quantitative estimate of drug-likeness (QED) is 0.502. The summed E-state index contributed by atoms with van der Waals surface area (Å²) in [4.78, 5) is 0. The van der Waals surface area contributed by atoms with Gasteiger partial charge in [0.15, 0.2) is 0 Å². The minimum Gasteiger partial charge on any atom is -0.125 e. The normalized spacial score (nSPS) is 24.6. The van der Waals surface area contributed by atoms with Gasteiger partial charge in [-0.3, -0.25) is 0 Å². The molecule has 0 spiro atoms. The molecule has 1 aliphatic carbocycles. The molecular weight excluding hydrogens is 228 g/mol. The Balaban J connectivity index is 2.46. The second-order valence-electron chi connectivity index (χ2n) is 5.88. The molecule has 0 N–H and O–H groups in total. The predicted octanol–water partition coefficient (Wildman–Crippen LogP) is 6.58. The van der Waals surface area contributed by atoms with Crippen molar-refractivity contribution in [2.75, 3.05) is 0 Å². The summed E-state index contributed by atoms with van der Waals surface area (Å²) in [6.07, 6.45) is 25.4. The lowest BCUT2D eigenvalue weighted by Gasteiger charge is -2.11. The third kappa shape index (κ3) is 9.79. The highest BCUT2D eigenvalue weighted by Gasteiger charge is 2.04. The van der Waals surface area contributed by atoms with Crippen LogP contribution in [0.25, 0.3) is 0 Å². The van der Waals surface area contributed by atoms with E-state index in [4.69, 9.17) is 0 Å². The molecular formula is C19H32. The molecule has 0 aliphatic heterocycles. The van der Waals surface area contributed by atoms with Gasteiger partial charge < -0.3 is 0 Å². The molecule has 0 amide bonds. The molecule has 0 aromatic heterocycles. The third-order valence-electron chi connectivity index (χ3n) is 4.03. The number of rotatable bonds is 3. The molecule has 1 atom stereocenters. The second kappa shape index (κ2) is 12.3. The van der Waals surface area contributed by atoms with E-state index in [0.717, 1.165) is 5.92 Å². The maximum absolute atomic E-state index is 3.38. The molecule has 0 bridgehead atoms. The molecule has 19 heavy (non-hydrogen) atoms. The number of allylic oxidation sites excluding steroid dienone is 3.